The number of aliphatic hydroxyl groups excluding tert-OH is 3. The van der Waals surface area contributed by atoms with E-state index in [0.717, 1.165) is 12.8 Å². The Morgan fingerprint density at radius 1 is 1.12 bits per heavy atom. The first kappa shape index (κ1) is 14.9. The fraction of sp³-hybridized carbons (Fsp3) is 1.00. The maximum absolute atomic E-state index is 9.42. The van der Waals surface area contributed by atoms with Gasteiger partial charge >= 0.3 is 0 Å². The summed E-state index contributed by atoms with van der Waals surface area (Å²) in [4.78, 5) is 0. The van der Waals surface area contributed by atoms with E-state index >= 15 is 0 Å². The van der Waals surface area contributed by atoms with Gasteiger partial charge in [0.1, 0.15) is 6.10 Å². The lowest BCUT2D eigenvalue weighted by atomic mass is 10.1. The monoisotopic (exact) mass is 248 g/mol. The van der Waals surface area contributed by atoms with Crippen molar-refractivity contribution < 1.29 is 24.8 Å². The van der Waals surface area contributed by atoms with E-state index in [2.05, 4.69) is 6.92 Å². The second-order valence-electron chi connectivity index (χ2n) is 4.53. The Labute approximate surface area is 102 Å². The molecular formula is C12H24O5. The summed E-state index contributed by atoms with van der Waals surface area (Å²) in [5.74, 6) is 0. The van der Waals surface area contributed by atoms with Crippen LogP contribution in [0.1, 0.15) is 45.4 Å². The van der Waals surface area contributed by atoms with Crippen molar-refractivity contribution in [1.29, 1.82) is 0 Å². The van der Waals surface area contributed by atoms with Crippen LogP contribution in [0.2, 0.25) is 0 Å². The van der Waals surface area contributed by atoms with Crippen LogP contribution in [0.4, 0.5) is 0 Å². The van der Waals surface area contributed by atoms with Crippen LogP contribution in [0.3, 0.4) is 0 Å². The van der Waals surface area contributed by atoms with Gasteiger partial charge < -0.3 is 24.8 Å². The van der Waals surface area contributed by atoms with E-state index in [4.69, 9.17) is 9.47 Å². The normalized spacial score (nSPS) is 33.9. The molecule has 0 saturated carbocycles. The van der Waals surface area contributed by atoms with Crippen molar-refractivity contribution >= 4 is 0 Å². The third-order valence-electron chi connectivity index (χ3n) is 2.96. The minimum absolute atomic E-state index is 0.202. The zero-order valence-electron chi connectivity index (χ0n) is 10.4. The van der Waals surface area contributed by atoms with Crippen LogP contribution in [0.15, 0.2) is 0 Å². The fourth-order valence-electron chi connectivity index (χ4n) is 1.85. The first-order valence-corrected chi connectivity index (χ1v) is 6.46. The number of rotatable bonds is 7. The summed E-state index contributed by atoms with van der Waals surface area (Å²) >= 11 is 0. The lowest BCUT2D eigenvalue weighted by Crippen LogP contribution is -2.48. The van der Waals surface area contributed by atoms with E-state index in [0.29, 0.717) is 6.61 Å². The predicted octanol–water partition coefficient (Wildman–Crippen LogP) is 0.760. The van der Waals surface area contributed by atoms with Gasteiger partial charge in [0, 0.05) is 13.0 Å². The van der Waals surface area contributed by atoms with Crippen molar-refractivity contribution in [1.82, 2.24) is 0 Å². The Bertz CT molecular complexity index is 187. The highest BCUT2D eigenvalue weighted by molar-refractivity contribution is 4.76. The number of hydrogen-bond acceptors (Lipinski definition) is 5. The van der Waals surface area contributed by atoms with Crippen molar-refractivity contribution in [2.45, 2.75) is 70.2 Å². The molecule has 0 aromatic carbocycles. The third-order valence-corrected chi connectivity index (χ3v) is 2.96. The van der Waals surface area contributed by atoms with Crippen LogP contribution in [-0.2, 0) is 9.47 Å². The van der Waals surface area contributed by atoms with Crippen LogP contribution in [0, 0.1) is 0 Å². The van der Waals surface area contributed by atoms with Crippen LogP contribution in [0.5, 0.6) is 0 Å². The van der Waals surface area contributed by atoms with Crippen LogP contribution >= 0.6 is 0 Å². The van der Waals surface area contributed by atoms with Gasteiger partial charge in [-0.2, -0.15) is 0 Å². The maximum Gasteiger partial charge on any atom is 0.186 e. The molecule has 0 radical (unpaired) electrons. The average molecular weight is 248 g/mol. The summed E-state index contributed by atoms with van der Waals surface area (Å²) in [7, 11) is 0. The summed E-state index contributed by atoms with van der Waals surface area (Å²) in [6.45, 7) is 2.73. The fourth-order valence-corrected chi connectivity index (χ4v) is 1.85. The van der Waals surface area contributed by atoms with Gasteiger partial charge in [0.25, 0.3) is 0 Å². The van der Waals surface area contributed by atoms with Gasteiger partial charge in [0.15, 0.2) is 12.6 Å². The highest BCUT2D eigenvalue weighted by Gasteiger charge is 2.35. The lowest BCUT2D eigenvalue weighted by Gasteiger charge is -2.33. The highest BCUT2D eigenvalue weighted by atomic mass is 16.7. The number of aliphatic hydroxyl groups is 3. The van der Waals surface area contributed by atoms with Gasteiger partial charge in [0.05, 0.1) is 6.10 Å². The average Bonchev–Trinajstić information content (AvgIpc) is 2.30. The summed E-state index contributed by atoms with van der Waals surface area (Å²) in [6, 6.07) is 0. The Kier molecular flexibility index (Phi) is 6.99. The van der Waals surface area contributed by atoms with Crippen LogP contribution in [-0.4, -0.2) is 46.7 Å². The Hall–Kier alpha value is -0.200. The molecule has 1 fully saturated rings. The van der Waals surface area contributed by atoms with Crippen molar-refractivity contribution in [2.24, 2.45) is 0 Å². The Balaban J connectivity index is 2.07. The van der Waals surface area contributed by atoms with Crippen molar-refractivity contribution in [3.63, 3.8) is 0 Å². The standard InChI is InChI=1S/C12H24O5/c1-2-3-4-5-6-7-16-10-8-9(13)11(14)12(15)17-10/h9-15H,2-8H2,1H3/t9-,10?,11+,12?/m0/s1. The van der Waals surface area contributed by atoms with E-state index < -0.39 is 24.8 Å². The second-order valence-corrected chi connectivity index (χ2v) is 4.53. The minimum atomic E-state index is -1.36. The smallest absolute Gasteiger partial charge is 0.186 e. The molecular weight excluding hydrogens is 224 g/mol. The maximum atomic E-state index is 9.42. The van der Waals surface area contributed by atoms with Crippen molar-refractivity contribution in [3.8, 4) is 0 Å². The van der Waals surface area contributed by atoms with Gasteiger partial charge in [-0.1, -0.05) is 32.6 Å². The molecule has 0 spiro atoms. The molecule has 0 bridgehead atoms. The molecule has 1 aliphatic heterocycles. The number of ether oxygens (including phenoxy) is 2. The lowest BCUT2D eigenvalue weighted by molar-refractivity contribution is -0.305. The van der Waals surface area contributed by atoms with E-state index in [1.54, 1.807) is 0 Å². The second kappa shape index (κ2) is 8.00. The Morgan fingerprint density at radius 2 is 1.82 bits per heavy atom. The molecule has 0 aromatic heterocycles. The van der Waals surface area contributed by atoms with Gasteiger partial charge in [-0.25, -0.2) is 0 Å². The first-order valence-electron chi connectivity index (χ1n) is 6.46. The molecule has 5 nitrogen and oxygen atoms in total. The van der Waals surface area contributed by atoms with E-state index in [-0.39, 0.29) is 6.42 Å². The molecule has 5 heteroatoms. The van der Waals surface area contributed by atoms with Gasteiger partial charge in [-0.3, -0.25) is 0 Å². The molecule has 0 aromatic rings. The molecule has 1 saturated heterocycles. The summed E-state index contributed by atoms with van der Waals surface area (Å²) < 4.78 is 10.4. The molecule has 0 aliphatic carbocycles. The van der Waals surface area contributed by atoms with Crippen LogP contribution < -0.4 is 0 Å². The van der Waals surface area contributed by atoms with E-state index in [1.165, 1.54) is 19.3 Å². The predicted molar refractivity (Wildman–Crippen MR) is 62.2 cm³/mol. The Morgan fingerprint density at radius 3 is 2.47 bits per heavy atom. The molecule has 3 N–H and O–H groups in total. The SMILES string of the molecule is CCCCCCCOC1C[C@H](O)[C@@H](O)C(O)O1. The molecule has 0 amide bonds. The van der Waals surface area contributed by atoms with Gasteiger partial charge in [-0.15, -0.1) is 0 Å². The summed E-state index contributed by atoms with van der Waals surface area (Å²) in [5.41, 5.74) is 0. The zero-order valence-corrected chi connectivity index (χ0v) is 10.4. The molecule has 17 heavy (non-hydrogen) atoms. The quantitative estimate of drug-likeness (QED) is 0.580. The van der Waals surface area contributed by atoms with Crippen molar-refractivity contribution in [3.05, 3.63) is 0 Å². The number of hydrogen-bond donors (Lipinski definition) is 3. The topological polar surface area (TPSA) is 79.2 Å². The molecule has 1 aliphatic rings. The van der Waals surface area contributed by atoms with Gasteiger partial charge in [0.2, 0.25) is 0 Å². The zero-order chi connectivity index (χ0) is 12.7. The third kappa shape index (κ3) is 5.31. The van der Waals surface area contributed by atoms with Crippen LogP contribution in [0.25, 0.3) is 0 Å². The van der Waals surface area contributed by atoms with Gasteiger partial charge in [-0.05, 0) is 6.42 Å². The molecule has 4 atom stereocenters. The van der Waals surface area contributed by atoms with E-state index in [1.807, 2.05) is 0 Å². The first-order chi connectivity index (χ1) is 8.15. The highest BCUT2D eigenvalue weighted by Crippen LogP contribution is 2.20. The minimum Gasteiger partial charge on any atom is -0.390 e. The number of unbranched alkanes of at least 4 members (excludes halogenated alkanes) is 4. The largest absolute Gasteiger partial charge is 0.390 e. The summed E-state index contributed by atoms with van der Waals surface area (Å²) in [6.07, 6.45) is 1.74. The molecule has 102 valence electrons. The van der Waals surface area contributed by atoms with Crippen molar-refractivity contribution in [2.75, 3.05) is 6.61 Å². The molecule has 1 rings (SSSR count). The molecule has 1 heterocycles. The molecule has 2 unspecified atom stereocenters. The van der Waals surface area contributed by atoms with E-state index in [9.17, 15) is 15.3 Å². The summed E-state index contributed by atoms with van der Waals surface area (Å²) in [5, 5.41) is 28.0.